The highest BCUT2D eigenvalue weighted by Gasteiger charge is 2.37. The van der Waals surface area contributed by atoms with E-state index in [0.29, 0.717) is 11.5 Å². The van der Waals surface area contributed by atoms with Crippen LogP contribution in [0.2, 0.25) is 0 Å². The third-order valence-corrected chi connectivity index (χ3v) is 5.52. The Morgan fingerprint density at radius 1 is 1.37 bits per heavy atom. The van der Waals surface area contributed by atoms with Crippen LogP contribution >= 0.6 is 11.3 Å². The fraction of sp³-hybridized carbons (Fsp3) is 0.529. The zero-order valence-electron chi connectivity index (χ0n) is 11.9. The molecule has 102 valence electrons. The van der Waals surface area contributed by atoms with Crippen molar-refractivity contribution >= 4 is 21.4 Å². The van der Waals surface area contributed by atoms with E-state index in [1.165, 1.54) is 35.8 Å². The van der Waals surface area contributed by atoms with Crippen LogP contribution < -0.4 is 5.32 Å². The maximum absolute atomic E-state index is 3.70. The van der Waals surface area contributed by atoms with Gasteiger partial charge in [0, 0.05) is 10.7 Å². The van der Waals surface area contributed by atoms with Gasteiger partial charge in [-0.3, -0.25) is 0 Å². The average Bonchev–Trinajstić information content (AvgIpc) is 3.03. The molecule has 2 heteroatoms. The van der Waals surface area contributed by atoms with Crippen molar-refractivity contribution in [3.05, 3.63) is 35.2 Å². The first-order valence-corrected chi connectivity index (χ1v) is 8.31. The van der Waals surface area contributed by atoms with Gasteiger partial charge >= 0.3 is 0 Å². The summed E-state index contributed by atoms with van der Waals surface area (Å²) in [4.78, 5) is 0. The summed E-state index contributed by atoms with van der Waals surface area (Å²) in [6.45, 7) is 5.85. The molecule has 1 aliphatic rings. The van der Waals surface area contributed by atoms with E-state index in [4.69, 9.17) is 0 Å². The maximum atomic E-state index is 3.70. The Labute approximate surface area is 120 Å². The molecule has 1 fully saturated rings. The van der Waals surface area contributed by atoms with E-state index in [1.54, 1.807) is 5.56 Å². The Hall–Kier alpha value is -0.860. The molecule has 1 aromatic heterocycles. The first kappa shape index (κ1) is 13.1. The van der Waals surface area contributed by atoms with Gasteiger partial charge in [0.2, 0.25) is 0 Å². The van der Waals surface area contributed by atoms with Crippen molar-refractivity contribution in [2.75, 3.05) is 6.54 Å². The normalized spacial score (nSPS) is 27.2. The predicted molar refractivity (Wildman–Crippen MR) is 85.1 cm³/mol. The summed E-state index contributed by atoms with van der Waals surface area (Å²) >= 11 is 1.90. The second-order valence-electron chi connectivity index (χ2n) is 6.10. The quantitative estimate of drug-likeness (QED) is 0.850. The highest BCUT2D eigenvalue weighted by atomic mass is 32.1. The van der Waals surface area contributed by atoms with Crippen LogP contribution in [0.4, 0.5) is 0 Å². The molecule has 0 radical (unpaired) electrons. The molecule has 2 aromatic rings. The first-order chi connectivity index (χ1) is 9.23. The molecule has 1 N–H and O–H groups in total. The molecule has 1 heterocycles. The van der Waals surface area contributed by atoms with Gasteiger partial charge in [-0.15, -0.1) is 11.3 Å². The highest BCUT2D eigenvalue weighted by molar-refractivity contribution is 7.17. The van der Waals surface area contributed by atoms with E-state index >= 15 is 0 Å². The molecule has 3 rings (SSSR count). The lowest BCUT2D eigenvalue weighted by atomic mass is 9.80. The van der Waals surface area contributed by atoms with Crippen LogP contribution in [-0.4, -0.2) is 12.6 Å². The smallest absolute Gasteiger partial charge is 0.0380 e. The number of nitrogens with one attached hydrogen (secondary N) is 1. The molecule has 0 aliphatic heterocycles. The lowest BCUT2D eigenvalue weighted by molar-refractivity contribution is 0.456. The molecule has 1 aromatic carbocycles. The summed E-state index contributed by atoms with van der Waals surface area (Å²) in [5.74, 6) is 0. The van der Waals surface area contributed by atoms with Gasteiger partial charge in [-0.1, -0.05) is 32.0 Å². The molecule has 1 nitrogen and oxygen atoms in total. The van der Waals surface area contributed by atoms with E-state index < -0.39 is 0 Å². The molecule has 0 saturated heterocycles. The van der Waals surface area contributed by atoms with Crippen LogP contribution in [0.25, 0.3) is 10.1 Å². The molecule has 2 unspecified atom stereocenters. The standard InChI is InChI=1S/C17H23NS/c1-3-10-18-14-7-9-17(2,12-14)15-6-4-5-13-8-11-19-16(13)15/h4-6,8,11,14,18H,3,7,9-10,12H2,1-2H3. The molecule has 0 amide bonds. The fourth-order valence-electron chi connectivity index (χ4n) is 3.48. The van der Waals surface area contributed by atoms with Crippen molar-refractivity contribution in [2.24, 2.45) is 0 Å². The van der Waals surface area contributed by atoms with Crippen molar-refractivity contribution in [3.8, 4) is 0 Å². The van der Waals surface area contributed by atoms with Gasteiger partial charge in [-0.25, -0.2) is 0 Å². The molecule has 1 saturated carbocycles. The van der Waals surface area contributed by atoms with Crippen molar-refractivity contribution in [1.29, 1.82) is 0 Å². The van der Waals surface area contributed by atoms with Crippen molar-refractivity contribution in [1.82, 2.24) is 5.32 Å². The van der Waals surface area contributed by atoms with E-state index in [-0.39, 0.29) is 0 Å². The lowest BCUT2D eigenvalue weighted by Gasteiger charge is -2.26. The molecule has 2 atom stereocenters. The topological polar surface area (TPSA) is 12.0 Å². The number of thiophene rings is 1. The average molecular weight is 273 g/mol. The summed E-state index contributed by atoms with van der Waals surface area (Å²) in [6.07, 6.45) is 5.14. The van der Waals surface area contributed by atoms with Crippen molar-refractivity contribution in [2.45, 2.75) is 51.0 Å². The van der Waals surface area contributed by atoms with E-state index in [2.05, 4.69) is 48.8 Å². The van der Waals surface area contributed by atoms with Gasteiger partial charge in [0.25, 0.3) is 0 Å². The van der Waals surface area contributed by atoms with E-state index in [9.17, 15) is 0 Å². The van der Waals surface area contributed by atoms with Crippen LogP contribution in [0.5, 0.6) is 0 Å². The van der Waals surface area contributed by atoms with Gasteiger partial charge in [-0.2, -0.15) is 0 Å². The first-order valence-electron chi connectivity index (χ1n) is 7.43. The van der Waals surface area contributed by atoms with Crippen LogP contribution in [0.3, 0.4) is 0 Å². The summed E-state index contributed by atoms with van der Waals surface area (Å²) in [6, 6.07) is 9.76. The van der Waals surface area contributed by atoms with Crippen LogP contribution in [-0.2, 0) is 5.41 Å². The minimum atomic E-state index is 0.357. The Balaban J connectivity index is 1.87. The number of hydrogen-bond acceptors (Lipinski definition) is 2. The van der Waals surface area contributed by atoms with Crippen LogP contribution in [0, 0.1) is 0 Å². The number of benzene rings is 1. The van der Waals surface area contributed by atoms with Crippen molar-refractivity contribution in [3.63, 3.8) is 0 Å². The number of rotatable bonds is 4. The predicted octanol–water partition coefficient (Wildman–Crippen LogP) is 4.71. The monoisotopic (exact) mass is 273 g/mol. The van der Waals surface area contributed by atoms with Gasteiger partial charge in [0.15, 0.2) is 0 Å². The maximum Gasteiger partial charge on any atom is 0.0380 e. The molecule has 1 aliphatic carbocycles. The molecule has 0 bridgehead atoms. The van der Waals surface area contributed by atoms with Crippen LogP contribution in [0.15, 0.2) is 29.6 Å². The minimum absolute atomic E-state index is 0.357. The zero-order chi connectivity index (χ0) is 13.3. The van der Waals surface area contributed by atoms with Crippen molar-refractivity contribution < 1.29 is 0 Å². The third-order valence-electron chi connectivity index (χ3n) is 4.55. The van der Waals surface area contributed by atoms with Gasteiger partial charge in [0.05, 0.1) is 0 Å². The molecular formula is C17H23NS. The van der Waals surface area contributed by atoms with E-state index in [1.807, 2.05) is 11.3 Å². The van der Waals surface area contributed by atoms with Crippen LogP contribution in [0.1, 0.15) is 45.1 Å². The molecule has 0 spiro atoms. The largest absolute Gasteiger partial charge is 0.314 e. The second-order valence-corrected chi connectivity index (χ2v) is 7.02. The Morgan fingerprint density at radius 2 is 2.26 bits per heavy atom. The summed E-state index contributed by atoms with van der Waals surface area (Å²) < 4.78 is 1.50. The lowest BCUT2D eigenvalue weighted by Crippen LogP contribution is -2.29. The number of hydrogen-bond donors (Lipinski definition) is 1. The molecular weight excluding hydrogens is 250 g/mol. The molecule has 19 heavy (non-hydrogen) atoms. The SMILES string of the molecule is CCCNC1CCC(C)(c2cccc3ccsc23)C1. The van der Waals surface area contributed by atoms with Gasteiger partial charge in [-0.05, 0) is 60.0 Å². The summed E-state index contributed by atoms with van der Waals surface area (Å²) in [7, 11) is 0. The fourth-order valence-corrected chi connectivity index (χ4v) is 4.54. The minimum Gasteiger partial charge on any atom is -0.314 e. The zero-order valence-corrected chi connectivity index (χ0v) is 12.7. The third kappa shape index (κ3) is 2.44. The Bertz CT molecular complexity index is 559. The summed E-state index contributed by atoms with van der Waals surface area (Å²) in [5.41, 5.74) is 1.93. The Morgan fingerprint density at radius 3 is 3.11 bits per heavy atom. The van der Waals surface area contributed by atoms with Gasteiger partial charge < -0.3 is 5.32 Å². The Kier molecular flexibility index (Phi) is 3.64. The van der Waals surface area contributed by atoms with Gasteiger partial charge in [0.1, 0.15) is 0 Å². The highest BCUT2D eigenvalue weighted by Crippen LogP contribution is 2.44. The second kappa shape index (κ2) is 5.26. The summed E-state index contributed by atoms with van der Waals surface area (Å²) in [5, 5.41) is 7.33. The van der Waals surface area contributed by atoms with E-state index in [0.717, 1.165) is 6.54 Å². The number of fused-ring (bicyclic) bond motifs is 1.